The molecule has 1 aliphatic rings. The smallest absolute Gasteiger partial charge is 0.203 e. The van der Waals surface area contributed by atoms with Crippen LogP contribution in [0, 0.1) is 6.54 Å². The monoisotopic (exact) mass is 222 g/mol. The second-order valence-electron chi connectivity index (χ2n) is 3.56. The van der Waals surface area contributed by atoms with Crippen LogP contribution in [0.3, 0.4) is 0 Å². The van der Waals surface area contributed by atoms with Crippen molar-refractivity contribution in [2.45, 2.75) is 6.42 Å². The van der Waals surface area contributed by atoms with Crippen molar-refractivity contribution < 1.29 is 14.2 Å². The molecule has 1 aromatic carbocycles. The summed E-state index contributed by atoms with van der Waals surface area (Å²) >= 11 is 0. The van der Waals surface area contributed by atoms with Crippen LogP contribution >= 0.6 is 0 Å². The Morgan fingerprint density at radius 3 is 2.44 bits per heavy atom. The molecule has 0 fully saturated rings. The quantitative estimate of drug-likeness (QED) is 0.838. The fraction of sp³-hybridized carbons (Fsp3) is 0.417. The van der Waals surface area contributed by atoms with Crippen molar-refractivity contribution in [1.29, 1.82) is 0 Å². The van der Waals surface area contributed by atoms with Crippen LogP contribution in [0.15, 0.2) is 6.07 Å². The Morgan fingerprint density at radius 2 is 1.81 bits per heavy atom. The van der Waals surface area contributed by atoms with Crippen molar-refractivity contribution in [2.75, 3.05) is 27.9 Å². The average Bonchev–Trinajstić information content (AvgIpc) is 2.36. The number of nitrogens with one attached hydrogen (secondary N) is 1. The van der Waals surface area contributed by atoms with Crippen molar-refractivity contribution in [3.8, 4) is 17.2 Å². The van der Waals surface area contributed by atoms with E-state index in [0.29, 0.717) is 11.5 Å². The van der Waals surface area contributed by atoms with E-state index in [1.54, 1.807) is 21.3 Å². The van der Waals surface area contributed by atoms with Crippen molar-refractivity contribution >= 4 is 0 Å². The van der Waals surface area contributed by atoms with E-state index in [-0.39, 0.29) is 0 Å². The van der Waals surface area contributed by atoms with E-state index in [1.165, 1.54) is 5.56 Å². The molecule has 0 bridgehead atoms. The van der Waals surface area contributed by atoms with Crippen LogP contribution in [-0.4, -0.2) is 27.9 Å². The molecular formula is C12H16NO3. The normalized spacial score (nSPS) is 14.2. The molecule has 0 unspecified atom stereocenters. The Hall–Kier alpha value is -1.42. The summed E-state index contributed by atoms with van der Waals surface area (Å²) in [5.41, 5.74) is 2.26. The van der Waals surface area contributed by atoms with E-state index in [9.17, 15) is 0 Å². The lowest BCUT2D eigenvalue weighted by Crippen LogP contribution is -2.22. The predicted octanol–water partition coefficient (Wildman–Crippen LogP) is 1.37. The molecule has 0 saturated heterocycles. The molecule has 1 N–H and O–H groups in total. The van der Waals surface area contributed by atoms with Crippen LogP contribution < -0.4 is 19.5 Å². The van der Waals surface area contributed by atoms with Crippen molar-refractivity contribution in [2.24, 2.45) is 0 Å². The third-order valence-corrected chi connectivity index (χ3v) is 2.74. The van der Waals surface area contributed by atoms with Crippen LogP contribution in [0.2, 0.25) is 0 Å². The molecule has 0 aliphatic carbocycles. The van der Waals surface area contributed by atoms with Gasteiger partial charge in [-0.15, -0.1) is 0 Å². The van der Waals surface area contributed by atoms with Gasteiger partial charge >= 0.3 is 0 Å². The zero-order valence-electron chi connectivity index (χ0n) is 9.79. The highest BCUT2D eigenvalue weighted by molar-refractivity contribution is 5.61. The summed E-state index contributed by atoms with van der Waals surface area (Å²) in [5, 5.41) is 3.20. The number of ether oxygens (including phenoxy) is 3. The van der Waals surface area contributed by atoms with Crippen LogP contribution in [0.5, 0.6) is 17.2 Å². The van der Waals surface area contributed by atoms with E-state index in [1.807, 2.05) is 12.6 Å². The number of rotatable bonds is 3. The summed E-state index contributed by atoms with van der Waals surface area (Å²) in [7, 11) is 4.90. The molecule has 1 aromatic rings. The number of benzene rings is 1. The molecule has 1 radical (unpaired) electrons. The van der Waals surface area contributed by atoms with Crippen LogP contribution in [0.1, 0.15) is 11.1 Å². The molecule has 0 saturated carbocycles. The Balaban J connectivity index is 2.59. The summed E-state index contributed by atoms with van der Waals surface area (Å²) in [4.78, 5) is 0. The Bertz CT molecular complexity index is 376. The van der Waals surface area contributed by atoms with Gasteiger partial charge < -0.3 is 19.5 Å². The van der Waals surface area contributed by atoms with Gasteiger partial charge in [0.15, 0.2) is 11.5 Å². The minimum absolute atomic E-state index is 0.666. The maximum Gasteiger partial charge on any atom is 0.203 e. The highest BCUT2D eigenvalue weighted by atomic mass is 16.5. The van der Waals surface area contributed by atoms with Gasteiger partial charge in [0.05, 0.1) is 27.9 Å². The first-order valence-corrected chi connectivity index (χ1v) is 5.20. The lowest BCUT2D eigenvalue weighted by Gasteiger charge is -2.22. The van der Waals surface area contributed by atoms with Crippen molar-refractivity contribution in [1.82, 2.24) is 5.32 Å². The van der Waals surface area contributed by atoms with Gasteiger partial charge in [-0.3, -0.25) is 0 Å². The first-order chi connectivity index (χ1) is 7.81. The van der Waals surface area contributed by atoms with Gasteiger partial charge in [-0.05, 0) is 24.6 Å². The molecular weight excluding hydrogens is 206 g/mol. The second-order valence-corrected chi connectivity index (χ2v) is 3.56. The summed E-state index contributed by atoms with van der Waals surface area (Å²) in [5.74, 6) is 2.13. The van der Waals surface area contributed by atoms with Gasteiger partial charge in [0.1, 0.15) is 0 Å². The van der Waals surface area contributed by atoms with Gasteiger partial charge in [0.25, 0.3) is 0 Å². The predicted molar refractivity (Wildman–Crippen MR) is 61.2 cm³/mol. The van der Waals surface area contributed by atoms with E-state index in [2.05, 4.69) is 5.32 Å². The van der Waals surface area contributed by atoms with Gasteiger partial charge in [-0.1, -0.05) is 0 Å². The maximum atomic E-state index is 5.42. The van der Waals surface area contributed by atoms with Gasteiger partial charge in [-0.2, -0.15) is 0 Å². The summed E-state index contributed by atoms with van der Waals surface area (Å²) in [6.45, 7) is 2.89. The maximum absolute atomic E-state index is 5.42. The Morgan fingerprint density at radius 1 is 1.06 bits per heavy atom. The number of hydrogen-bond donors (Lipinski definition) is 1. The highest BCUT2D eigenvalue weighted by Crippen LogP contribution is 2.43. The standard InChI is InChI=1S/C12H16NO3/c1-14-10-6-8-7-13-5-4-9(8)11(15-2)12(10)16-3/h6-7,13H,4-5H2,1-3H3. The van der Waals surface area contributed by atoms with E-state index >= 15 is 0 Å². The fourth-order valence-electron chi connectivity index (χ4n) is 2.00. The topological polar surface area (TPSA) is 39.7 Å². The number of hydrogen-bond acceptors (Lipinski definition) is 4. The molecule has 0 amide bonds. The van der Waals surface area contributed by atoms with E-state index in [4.69, 9.17) is 14.2 Å². The summed E-state index contributed by atoms with van der Waals surface area (Å²) in [6.07, 6.45) is 0.926. The van der Waals surface area contributed by atoms with Crippen LogP contribution in [0.25, 0.3) is 0 Å². The van der Waals surface area contributed by atoms with Gasteiger partial charge in [-0.25, -0.2) is 0 Å². The lowest BCUT2D eigenvalue weighted by molar-refractivity contribution is 0.321. The second kappa shape index (κ2) is 4.61. The van der Waals surface area contributed by atoms with Crippen molar-refractivity contribution in [3.63, 3.8) is 0 Å². The SMILES string of the molecule is COc1cc2c(c(OC)c1OC)CCN[CH]2. The summed E-state index contributed by atoms with van der Waals surface area (Å²) < 4.78 is 16.1. The van der Waals surface area contributed by atoms with Crippen molar-refractivity contribution in [3.05, 3.63) is 23.7 Å². The molecule has 87 valence electrons. The van der Waals surface area contributed by atoms with Gasteiger partial charge in [0.2, 0.25) is 5.75 Å². The average molecular weight is 222 g/mol. The zero-order chi connectivity index (χ0) is 11.5. The van der Waals surface area contributed by atoms with Gasteiger partial charge in [0, 0.05) is 5.56 Å². The van der Waals surface area contributed by atoms with E-state index in [0.717, 1.165) is 24.3 Å². The minimum Gasteiger partial charge on any atom is -0.493 e. The van der Waals surface area contributed by atoms with E-state index < -0.39 is 0 Å². The zero-order valence-corrected chi connectivity index (χ0v) is 9.79. The summed E-state index contributed by atoms with van der Waals surface area (Å²) in [6, 6.07) is 1.96. The molecule has 16 heavy (non-hydrogen) atoms. The minimum atomic E-state index is 0.666. The van der Waals surface area contributed by atoms with Crippen LogP contribution in [-0.2, 0) is 6.42 Å². The molecule has 0 atom stereocenters. The lowest BCUT2D eigenvalue weighted by atomic mass is 9.99. The molecule has 1 aliphatic heterocycles. The largest absolute Gasteiger partial charge is 0.493 e. The molecule has 4 nitrogen and oxygen atoms in total. The first-order valence-electron chi connectivity index (χ1n) is 5.20. The Kier molecular flexibility index (Phi) is 3.19. The molecule has 0 spiro atoms. The number of methoxy groups -OCH3 is 3. The molecule has 2 rings (SSSR count). The molecule has 1 heterocycles. The fourth-order valence-corrected chi connectivity index (χ4v) is 2.00. The first kappa shape index (κ1) is 11.1. The molecule has 0 aromatic heterocycles. The third kappa shape index (κ3) is 1.69. The Labute approximate surface area is 95.5 Å². The third-order valence-electron chi connectivity index (χ3n) is 2.74. The number of fused-ring (bicyclic) bond motifs is 1. The van der Waals surface area contributed by atoms with Crippen LogP contribution in [0.4, 0.5) is 0 Å². The highest BCUT2D eigenvalue weighted by Gasteiger charge is 2.22. The molecule has 4 heteroatoms.